The molecule has 10 heteroatoms. The molecule has 0 amide bonds. The first-order chi connectivity index (χ1) is 28.5. The van der Waals surface area contributed by atoms with Gasteiger partial charge in [-0.15, -0.1) is 0 Å². The molecule has 2 aliphatic heterocycles. The highest BCUT2D eigenvalue weighted by atomic mass is 16.5. The van der Waals surface area contributed by atoms with Crippen molar-refractivity contribution in [2.24, 2.45) is 0 Å². The summed E-state index contributed by atoms with van der Waals surface area (Å²) in [5.74, 6) is 1.51. The predicted octanol–water partition coefficient (Wildman–Crippen LogP) is 8.31. The first kappa shape index (κ1) is 39.4. The van der Waals surface area contributed by atoms with E-state index in [2.05, 4.69) is 84.4 Å². The molecule has 2 N–H and O–H groups in total. The van der Waals surface area contributed by atoms with Gasteiger partial charge >= 0.3 is 5.97 Å². The lowest BCUT2D eigenvalue weighted by molar-refractivity contribution is 0.0473. The fraction of sp³-hybridized carbons (Fsp3) is 0.396. The summed E-state index contributed by atoms with van der Waals surface area (Å²) in [6, 6.07) is 29.0. The van der Waals surface area contributed by atoms with E-state index in [1.165, 1.54) is 34.3 Å². The van der Waals surface area contributed by atoms with E-state index in [1.807, 2.05) is 42.5 Å². The third-order valence-electron chi connectivity index (χ3n) is 12.2. The van der Waals surface area contributed by atoms with Crippen LogP contribution < -0.4 is 19.3 Å². The van der Waals surface area contributed by atoms with E-state index in [0.29, 0.717) is 5.56 Å². The van der Waals surface area contributed by atoms with Gasteiger partial charge in [0, 0.05) is 97.9 Å². The van der Waals surface area contributed by atoms with Crippen molar-refractivity contribution in [1.29, 1.82) is 0 Å². The van der Waals surface area contributed by atoms with E-state index in [4.69, 9.17) is 14.2 Å². The number of ether oxygens (including phenoxy) is 3. The van der Waals surface area contributed by atoms with Crippen LogP contribution in [0.1, 0.15) is 52.7 Å². The molecule has 0 spiro atoms. The Labute approximate surface area is 342 Å². The highest BCUT2D eigenvalue weighted by Gasteiger charge is 2.19. The van der Waals surface area contributed by atoms with Gasteiger partial charge in [0.1, 0.15) is 18.1 Å². The zero-order chi connectivity index (χ0) is 39.7. The summed E-state index contributed by atoms with van der Waals surface area (Å²) >= 11 is 0. The largest absolute Gasteiger partial charge is 0.497 e. The molecular weight excluding hydrogens is 725 g/mol. The Morgan fingerprint density at radius 2 is 1.05 bits per heavy atom. The van der Waals surface area contributed by atoms with E-state index in [-0.39, 0.29) is 12.6 Å². The van der Waals surface area contributed by atoms with Gasteiger partial charge in [-0.1, -0.05) is 6.07 Å². The lowest BCUT2D eigenvalue weighted by atomic mass is 10.0. The topological polar surface area (TPSA) is 89.3 Å². The maximum absolute atomic E-state index is 13.3. The Morgan fingerprint density at radius 1 is 0.569 bits per heavy atom. The summed E-state index contributed by atoms with van der Waals surface area (Å²) in [5.41, 5.74) is 8.88. The number of esters is 1. The summed E-state index contributed by atoms with van der Waals surface area (Å²) in [6.07, 6.45) is 10.8. The molecule has 2 aliphatic rings. The van der Waals surface area contributed by atoms with E-state index in [0.717, 1.165) is 131 Å². The summed E-state index contributed by atoms with van der Waals surface area (Å²) < 4.78 is 16.5. The number of aromatic nitrogens is 2. The van der Waals surface area contributed by atoms with E-state index >= 15 is 0 Å². The third-order valence-corrected chi connectivity index (χ3v) is 12.2. The Bertz CT molecular complexity index is 2230. The van der Waals surface area contributed by atoms with Crippen molar-refractivity contribution in [2.45, 2.75) is 45.1 Å². The number of hydrogen-bond donors (Lipinski definition) is 2. The van der Waals surface area contributed by atoms with Crippen LogP contribution in [-0.4, -0.2) is 105 Å². The smallest absolute Gasteiger partial charge is 0.338 e. The molecule has 4 aromatic carbocycles. The lowest BCUT2D eigenvalue weighted by Crippen LogP contribution is -2.46. The highest BCUT2D eigenvalue weighted by Crippen LogP contribution is 2.26. The van der Waals surface area contributed by atoms with Crippen molar-refractivity contribution >= 4 is 39.1 Å². The number of methoxy groups -OCH3 is 2. The molecule has 8 rings (SSSR count). The second-order valence-electron chi connectivity index (χ2n) is 15.8. The molecule has 0 saturated carbocycles. The molecule has 304 valence electrons. The van der Waals surface area contributed by atoms with Crippen LogP contribution in [0.4, 0.5) is 11.4 Å². The number of benzene rings is 4. The van der Waals surface area contributed by atoms with Gasteiger partial charge in [0.15, 0.2) is 0 Å². The zero-order valence-electron chi connectivity index (χ0n) is 34.2. The fourth-order valence-electron chi connectivity index (χ4n) is 8.61. The van der Waals surface area contributed by atoms with Crippen molar-refractivity contribution in [3.8, 4) is 11.5 Å². The van der Waals surface area contributed by atoms with E-state index in [9.17, 15) is 4.79 Å². The van der Waals surface area contributed by atoms with E-state index < -0.39 is 0 Å². The predicted molar refractivity (Wildman–Crippen MR) is 235 cm³/mol. The Hall–Kier alpha value is -5.45. The zero-order valence-corrected chi connectivity index (χ0v) is 34.2. The minimum absolute atomic E-state index is 0.244. The highest BCUT2D eigenvalue weighted by molar-refractivity contribution is 5.95. The van der Waals surface area contributed by atoms with Crippen LogP contribution in [0.3, 0.4) is 0 Å². The van der Waals surface area contributed by atoms with E-state index in [1.54, 1.807) is 14.2 Å². The number of anilines is 2. The summed E-state index contributed by atoms with van der Waals surface area (Å²) in [6.45, 7) is 11.0. The number of aromatic amines is 2. The molecule has 0 aliphatic carbocycles. The fourth-order valence-corrected chi connectivity index (χ4v) is 8.61. The molecule has 0 unspecified atom stereocenters. The SMILES string of the molecule is COc1ccc(N2CCN(CCCCc3c[nH]c4ccc(COC(=O)c5ccc6[nH]cc(CCCCN7CCN(c8ccc(OC)cc8)CC7)c6c5)cc34)CC2)cc1. The quantitative estimate of drug-likeness (QED) is 0.0706. The molecule has 58 heavy (non-hydrogen) atoms. The second-order valence-corrected chi connectivity index (χ2v) is 15.8. The number of nitrogens with one attached hydrogen (secondary N) is 2. The molecule has 0 radical (unpaired) electrons. The molecular formula is C48H58N6O4. The van der Waals surface area contributed by atoms with Crippen molar-refractivity contribution in [1.82, 2.24) is 19.8 Å². The number of H-pyrrole nitrogens is 2. The molecule has 6 aromatic rings. The van der Waals surface area contributed by atoms with Gasteiger partial charge < -0.3 is 34.0 Å². The molecule has 4 heterocycles. The Morgan fingerprint density at radius 3 is 1.55 bits per heavy atom. The average Bonchev–Trinajstić information content (AvgIpc) is 3.89. The standard InChI is InChI=1S/C48H58N6O4/c1-56-42-15-11-40(12-16-42)53-27-23-51(24-28-53)21-5-3-7-38-33-49-46-19-9-36(31-44(38)46)35-58-48(55)37-10-20-47-45(32-37)39(34-50-47)8-4-6-22-52-25-29-54(30-26-52)41-13-17-43(57-2)18-14-41/h9-20,31-34,49-50H,3-8,21-30,35H2,1-2H3. The van der Waals surface area contributed by atoms with Crippen LogP contribution in [0.15, 0.2) is 97.3 Å². The van der Waals surface area contributed by atoms with Gasteiger partial charge in [0.05, 0.1) is 19.8 Å². The molecule has 0 bridgehead atoms. The number of carbonyl (C=O) groups excluding carboxylic acids is 1. The molecule has 10 nitrogen and oxygen atoms in total. The Kier molecular flexibility index (Phi) is 12.8. The number of unbranched alkanes of at least 4 members (excludes halogenated alkanes) is 2. The minimum atomic E-state index is -0.290. The lowest BCUT2D eigenvalue weighted by Gasteiger charge is -2.36. The van der Waals surface area contributed by atoms with Crippen LogP contribution in [-0.2, 0) is 24.2 Å². The maximum Gasteiger partial charge on any atom is 0.338 e. The van der Waals surface area contributed by atoms with Crippen molar-refractivity contribution in [3.05, 3.63) is 120 Å². The van der Waals surface area contributed by atoms with Crippen LogP contribution >= 0.6 is 0 Å². The number of rotatable bonds is 17. The number of carbonyl (C=O) groups is 1. The number of aryl methyl sites for hydroxylation is 2. The first-order valence-electron chi connectivity index (χ1n) is 21.1. The first-order valence-corrected chi connectivity index (χ1v) is 21.1. The summed E-state index contributed by atoms with van der Waals surface area (Å²) in [5, 5.41) is 2.33. The molecule has 2 saturated heterocycles. The van der Waals surface area contributed by atoms with Crippen molar-refractivity contribution in [2.75, 3.05) is 89.5 Å². The molecule has 2 fully saturated rings. The number of nitrogens with zero attached hydrogens (tertiary/aromatic N) is 4. The molecule has 2 aromatic heterocycles. The number of fused-ring (bicyclic) bond motifs is 2. The van der Waals surface area contributed by atoms with Gasteiger partial charge in [0.2, 0.25) is 0 Å². The van der Waals surface area contributed by atoms with Gasteiger partial charge in [-0.05, 0) is 147 Å². The third kappa shape index (κ3) is 9.63. The molecule has 0 atom stereocenters. The van der Waals surface area contributed by atoms with Crippen molar-refractivity contribution < 1.29 is 19.0 Å². The number of hydrogen-bond acceptors (Lipinski definition) is 8. The van der Waals surface area contributed by atoms with Crippen LogP contribution in [0.25, 0.3) is 21.8 Å². The van der Waals surface area contributed by atoms with Gasteiger partial charge in [-0.25, -0.2) is 4.79 Å². The summed E-state index contributed by atoms with van der Waals surface area (Å²) in [4.78, 5) is 30.2. The average molecular weight is 783 g/mol. The second kappa shape index (κ2) is 18.9. The van der Waals surface area contributed by atoms with Gasteiger partial charge in [-0.3, -0.25) is 9.80 Å². The summed E-state index contributed by atoms with van der Waals surface area (Å²) in [7, 11) is 3.42. The maximum atomic E-state index is 13.3. The Balaban J connectivity index is 0.762. The van der Waals surface area contributed by atoms with Crippen molar-refractivity contribution in [3.63, 3.8) is 0 Å². The normalized spacial score (nSPS) is 15.3. The van der Waals surface area contributed by atoms with Gasteiger partial charge in [0.25, 0.3) is 0 Å². The van der Waals surface area contributed by atoms with Crippen LogP contribution in [0, 0.1) is 0 Å². The monoisotopic (exact) mass is 782 g/mol. The minimum Gasteiger partial charge on any atom is -0.497 e. The van der Waals surface area contributed by atoms with Gasteiger partial charge in [-0.2, -0.15) is 0 Å². The van der Waals surface area contributed by atoms with Crippen LogP contribution in [0.2, 0.25) is 0 Å². The van der Waals surface area contributed by atoms with Crippen LogP contribution in [0.5, 0.6) is 11.5 Å². The number of piperazine rings is 2.